The molecule has 0 saturated heterocycles. The topological polar surface area (TPSA) is 0 Å². The van der Waals surface area contributed by atoms with Gasteiger partial charge in [-0.2, -0.15) is 12.1 Å². The normalized spacial score (nSPS) is 10.3. The molecule has 0 N–H and O–H groups in total. The number of aryl methyl sites for hydroxylation is 4. The molecule has 0 spiro atoms. The van der Waals surface area contributed by atoms with E-state index < -0.39 is 20.8 Å². The number of rotatable bonds is 8. The molecule has 0 atom stereocenters. The van der Waals surface area contributed by atoms with E-state index in [-0.39, 0.29) is 0 Å². The van der Waals surface area contributed by atoms with Crippen molar-refractivity contribution in [3.8, 4) is 22.3 Å². The Bertz CT molecular complexity index is 1590. The summed E-state index contributed by atoms with van der Waals surface area (Å²) in [5.74, 6) is 0. The van der Waals surface area contributed by atoms with Gasteiger partial charge in [0.2, 0.25) is 0 Å². The van der Waals surface area contributed by atoms with Crippen LogP contribution in [0, 0.1) is 0 Å². The third kappa shape index (κ3) is 10.4. The molecule has 6 aromatic rings. The molecule has 46 heavy (non-hydrogen) atoms. The van der Waals surface area contributed by atoms with Crippen molar-refractivity contribution in [1.82, 2.24) is 0 Å². The second-order valence-corrected chi connectivity index (χ2v) is 16.2. The molecule has 0 aliphatic heterocycles. The summed E-state index contributed by atoms with van der Waals surface area (Å²) >= 11 is -0.826. The average Bonchev–Trinajstić information content (AvgIpc) is 3.69. The van der Waals surface area contributed by atoms with E-state index in [0.717, 1.165) is 22.4 Å². The maximum absolute atomic E-state index is 4.93. The van der Waals surface area contributed by atoms with Crippen molar-refractivity contribution in [1.29, 1.82) is 0 Å². The van der Waals surface area contributed by atoms with Crippen molar-refractivity contribution in [3.63, 3.8) is 0 Å². The van der Waals surface area contributed by atoms with Crippen LogP contribution in [0.3, 0.4) is 0 Å². The summed E-state index contributed by atoms with van der Waals surface area (Å²) in [6, 6.07) is 40.2. The molecule has 0 aliphatic carbocycles. The average molecular weight is 743 g/mol. The molecule has 0 aromatic heterocycles. The fourth-order valence-electron chi connectivity index (χ4n) is 6.12. The van der Waals surface area contributed by atoms with E-state index in [9.17, 15) is 0 Å². The predicted molar refractivity (Wildman–Crippen MR) is 206 cm³/mol. The van der Waals surface area contributed by atoms with Crippen molar-refractivity contribution in [2.75, 3.05) is 0 Å². The van der Waals surface area contributed by atoms with Gasteiger partial charge >= 0.3 is 37.9 Å². The Morgan fingerprint density at radius 1 is 0.565 bits per heavy atom. The van der Waals surface area contributed by atoms with Gasteiger partial charge in [-0.05, 0) is 36.8 Å². The summed E-state index contributed by atoms with van der Waals surface area (Å²) in [4.78, 5) is 0. The van der Waals surface area contributed by atoms with Crippen LogP contribution in [-0.4, -0.2) is 9.52 Å². The van der Waals surface area contributed by atoms with Gasteiger partial charge in [0, 0.05) is 9.52 Å². The Labute approximate surface area is 299 Å². The molecule has 6 rings (SSSR count). The molecular weight excluding hydrogens is 695 g/mol. The van der Waals surface area contributed by atoms with E-state index in [1.165, 1.54) is 91.7 Å². The second kappa shape index (κ2) is 20.9. The molecule has 0 bridgehead atoms. The van der Waals surface area contributed by atoms with Crippen LogP contribution in [0.1, 0.15) is 62.8 Å². The molecule has 0 aliphatic rings. The van der Waals surface area contributed by atoms with Gasteiger partial charge in [-0.1, -0.05) is 137 Å². The number of hydrogen-bond donors (Lipinski definition) is 0. The van der Waals surface area contributed by atoms with Crippen LogP contribution >= 0.6 is 17.0 Å². The number of fused-ring (bicyclic) bond motifs is 2. The Kier molecular flexibility index (Phi) is 17.4. The molecule has 2 radical (unpaired) electrons. The molecule has 0 saturated carbocycles. The molecular formula is C42H48Cl2SiZr. The molecule has 0 nitrogen and oxygen atoms in total. The van der Waals surface area contributed by atoms with E-state index in [1.807, 2.05) is 0 Å². The number of halogens is 2. The fraction of sp³-hybridized carbons (Fsp3) is 0.286. The van der Waals surface area contributed by atoms with E-state index in [4.69, 9.17) is 17.0 Å². The molecule has 238 valence electrons. The zero-order chi connectivity index (χ0) is 33.3. The van der Waals surface area contributed by atoms with Crippen LogP contribution in [-0.2, 0) is 46.5 Å². The SMILES string of the molecule is CCCc1cc2c(-c3ccccc3)c(CC)ccc2[cH-]1.CCCc1cc2c(-c3ccccc3)c(CC)ccc2[cH-]1.C[Si]C.[Cl][Zr+2][Cl]. The standard InChI is InChI=1S/2C20H21.C2H6Si.2ClH.Zr/c2*1-3-8-15-13-18-12-11-16(4-2)20(19(18)14-15)17-9-6-5-7-10-17;1-3-2;;;/h2*5-7,9-14H,3-4,8H2,1-2H3;1-2H3;2*1H;/q2*-1;;;;+4/p-2. The van der Waals surface area contributed by atoms with E-state index in [2.05, 4.69) is 150 Å². The molecule has 0 amide bonds. The van der Waals surface area contributed by atoms with Gasteiger partial charge in [0.05, 0.1) is 0 Å². The van der Waals surface area contributed by atoms with Gasteiger partial charge in [0.25, 0.3) is 0 Å². The predicted octanol–water partition coefficient (Wildman–Crippen LogP) is 13.6. The van der Waals surface area contributed by atoms with Crippen molar-refractivity contribution < 1.29 is 20.8 Å². The van der Waals surface area contributed by atoms with Gasteiger partial charge in [-0.15, -0.1) is 69.1 Å². The third-order valence-corrected chi connectivity index (χ3v) is 8.04. The van der Waals surface area contributed by atoms with Crippen LogP contribution in [0.25, 0.3) is 43.8 Å². The first kappa shape index (κ1) is 38.2. The Hall–Kier alpha value is -2.22. The first-order valence-corrected chi connectivity index (χ1v) is 24.9. The first-order valence-electron chi connectivity index (χ1n) is 16.6. The van der Waals surface area contributed by atoms with Crippen LogP contribution in [0.2, 0.25) is 13.1 Å². The van der Waals surface area contributed by atoms with Crippen LogP contribution in [0.15, 0.2) is 109 Å². The van der Waals surface area contributed by atoms with Gasteiger partial charge in [-0.3, -0.25) is 0 Å². The van der Waals surface area contributed by atoms with Crippen molar-refractivity contribution in [2.45, 2.75) is 79.3 Å². The van der Waals surface area contributed by atoms with E-state index >= 15 is 0 Å². The fourth-order valence-corrected chi connectivity index (χ4v) is 6.12. The minimum atomic E-state index is -0.826. The van der Waals surface area contributed by atoms with Crippen LogP contribution in [0.4, 0.5) is 0 Å². The number of benzene rings is 4. The molecule has 0 heterocycles. The van der Waals surface area contributed by atoms with E-state index in [1.54, 1.807) is 0 Å². The molecule has 0 unspecified atom stereocenters. The van der Waals surface area contributed by atoms with Gasteiger partial charge < -0.3 is 0 Å². The second-order valence-electron chi connectivity index (χ2n) is 11.4. The zero-order valence-electron chi connectivity index (χ0n) is 28.4. The van der Waals surface area contributed by atoms with Gasteiger partial charge in [0.1, 0.15) is 0 Å². The third-order valence-electron chi connectivity index (χ3n) is 8.04. The van der Waals surface area contributed by atoms with Gasteiger partial charge in [-0.25, -0.2) is 0 Å². The minimum absolute atomic E-state index is 0.826. The monoisotopic (exact) mass is 740 g/mol. The molecule has 0 fully saturated rings. The Morgan fingerprint density at radius 3 is 1.22 bits per heavy atom. The first-order chi connectivity index (χ1) is 22.5. The Balaban J connectivity index is 0.000000214. The summed E-state index contributed by atoms with van der Waals surface area (Å²) in [6.45, 7) is 13.3. The van der Waals surface area contributed by atoms with Crippen LogP contribution in [0.5, 0.6) is 0 Å². The summed E-state index contributed by atoms with van der Waals surface area (Å²) in [5.41, 5.74) is 11.3. The van der Waals surface area contributed by atoms with Crippen molar-refractivity contribution in [3.05, 3.63) is 131 Å². The van der Waals surface area contributed by atoms with Crippen molar-refractivity contribution >= 4 is 48.1 Å². The summed E-state index contributed by atoms with van der Waals surface area (Å²) in [7, 11) is 11.0. The zero-order valence-corrected chi connectivity index (χ0v) is 33.4. The summed E-state index contributed by atoms with van der Waals surface area (Å²) in [6.07, 6.45) is 6.91. The van der Waals surface area contributed by atoms with Crippen molar-refractivity contribution in [2.24, 2.45) is 0 Å². The van der Waals surface area contributed by atoms with Crippen LogP contribution < -0.4 is 0 Å². The summed E-state index contributed by atoms with van der Waals surface area (Å²) < 4.78 is 0. The quantitative estimate of drug-likeness (QED) is 0.108. The Morgan fingerprint density at radius 2 is 0.913 bits per heavy atom. The van der Waals surface area contributed by atoms with E-state index in [0.29, 0.717) is 0 Å². The summed E-state index contributed by atoms with van der Waals surface area (Å²) in [5, 5.41) is 5.59. The maximum atomic E-state index is 4.93. The molecule has 4 heteroatoms. The number of hydrogen-bond acceptors (Lipinski definition) is 0. The van der Waals surface area contributed by atoms with Gasteiger partial charge in [0.15, 0.2) is 0 Å². The molecule has 6 aromatic carbocycles.